The Kier molecular flexibility index (Phi) is 3.67. The Hall–Kier alpha value is -0.630. The van der Waals surface area contributed by atoms with Gasteiger partial charge in [-0.15, -0.1) is 0 Å². The van der Waals surface area contributed by atoms with Crippen LogP contribution < -0.4 is 0 Å². The van der Waals surface area contributed by atoms with Gasteiger partial charge in [0, 0.05) is 6.42 Å². The van der Waals surface area contributed by atoms with Crippen molar-refractivity contribution in [3.8, 4) is 0 Å². The minimum Gasteiger partial charge on any atom is -0.385 e. The fraction of sp³-hybridized carbons (Fsp3) is 0.727. The first-order chi connectivity index (χ1) is 6.17. The molecule has 0 fully saturated rings. The van der Waals surface area contributed by atoms with Gasteiger partial charge in [-0.2, -0.15) is 0 Å². The van der Waals surface area contributed by atoms with Crippen molar-refractivity contribution >= 4 is 6.29 Å². The Bertz CT molecular complexity index is 204. The van der Waals surface area contributed by atoms with Gasteiger partial charge in [-0.05, 0) is 38.2 Å². The molecule has 1 atom stereocenters. The fourth-order valence-corrected chi connectivity index (χ4v) is 1.80. The highest BCUT2D eigenvalue weighted by atomic mass is 16.3. The lowest BCUT2D eigenvalue weighted by molar-refractivity contribution is -0.110. The molecule has 0 heterocycles. The van der Waals surface area contributed by atoms with Gasteiger partial charge < -0.3 is 9.90 Å². The third-order valence-corrected chi connectivity index (χ3v) is 2.71. The number of aldehydes is 1. The van der Waals surface area contributed by atoms with Crippen LogP contribution in [0.4, 0.5) is 0 Å². The standard InChI is InChI=1S/C11H18O2/c1-11(13,8-9-12)10-6-4-2-3-5-7-10/h6,9,13H,2-5,7-8H2,1H3. The number of aliphatic hydroxyl groups is 1. The van der Waals surface area contributed by atoms with E-state index in [0.717, 1.165) is 31.1 Å². The summed E-state index contributed by atoms with van der Waals surface area (Å²) >= 11 is 0. The number of hydrogen-bond acceptors (Lipinski definition) is 2. The summed E-state index contributed by atoms with van der Waals surface area (Å²) in [4.78, 5) is 10.4. The summed E-state index contributed by atoms with van der Waals surface area (Å²) in [7, 11) is 0. The predicted molar refractivity (Wildman–Crippen MR) is 52.5 cm³/mol. The molecule has 0 radical (unpaired) electrons. The van der Waals surface area contributed by atoms with Crippen LogP contribution in [0.15, 0.2) is 11.6 Å². The predicted octanol–water partition coefficient (Wildman–Crippen LogP) is 2.22. The largest absolute Gasteiger partial charge is 0.385 e. The third kappa shape index (κ3) is 2.96. The van der Waals surface area contributed by atoms with E-state index in [2.05, 4.69) is 6.08 Å². The van der Waals surface area contributed by atoms with Crippen molar-refractivity contribution in [2.45, 2.75) is 51.0 Å². The number of allylic oxidation sites excluding steroid dienone is 1. The van der Waals surface area contributed by atoms with Gasteiger partial charge in [0.15, 0.2) is 0 Å². The molecule has 1 aliphatic carbocycles. The lowest BCUT2D eigenvalue weighted by Crippen LogP contribution is -2.27. The van der Waals surface area contributed by atoms with E-state index in [1.807, 2.05) is 0 Å². The van der Waals surface area contributed by atoms with Crippen LogP contribution in [-0.2, 0) is 4.79 Å². The molecule has 0 amide bonds. The van der Waals surface area contributed by atoms with Crippen molar-refractivity contribution in [3.63, 3.8) is 0 Å². The normalized spacial score (nSPS) is 22.8. The minimum atomic E-state index is -0.897. The van der Waals surface area contributed by atoms with Crippen LogP contribution in [-0.4, -0.2) is 17.0 Å². The zero-order chi connectivity index (χ0) is 9.73. The van der Waals surface area contributed by atoms with E-state index in [0.29, 0.717) is 0 Å². The van der Waals surface area contributed by atoms with Gasteiger partial charge in [0.1, 0.15) is 6.29 Å². The number of carbonyl (C=O) groups excluding carboxylic acids is 1. The first-order valence-electron chi connectivity index (χ1n) is 5.02. The van der Waals surface area contributed by atoms with Crippen molar-refractivity contribution < 1.29 is 9.90 Å². The molecule has 2 nitrogen and oxygen atoms in total. The maximum absolute atomic E-state index is 10.4. The summed E-state index contributed by atoms with van der Waals surface area (Å²) in [6.07, 6.45) is 8.70. The van der Waals surface area contributed by atoms with E-state index >= 15 is 0 Å². The molecule has 1 rings (SSSR count). The zero-order valence-electron chi connectivity index (χ0n) is 8.25. The zero-order valence-corrected chi connectivity index (χ0v) is 8.25. The molecular formula is C11H18O2. The van der Waals surface area contributed by atoms with E-state index in [-0.39, 0.29) is 6.42 Å². The Morgan fingerprint density at radius 1 is 1.54 bits per heavy atom. The van der Waals surface area contributed by atoms with Crippen LogP contribution in [0.2, 0.25) is 0 Å². The van der Waals surface area contributed by atoms with Crippen molar-refractivity contribution in [1.82, 2.24) is 0 Å². The van der Waals surface area contributed by atoms with E-state index in [9.17, 15) is 9.90 Å². The average molecular weight is 182 g/mol. The molecule has 1 unspecified atom stereocenters. The van der Waals surface area contributed by atoms with Crippen molar-refractivity contribution in [1.29, 1.82) is 0 Å². The highest BCUT2D eigenvalue weighted by Gasteiger charge is 2.25. The molecule has 0 saturated heterocycles. The minimum absolute atomic E-state index is 0.221. The Morgan fingerprint density at radius 3 is 3.00 bits per heavy atom. The number of rotatable bonds is 3. The van der Waals surface area contributed by atoms with Crippen LogP contribution >= 0.6 is 0 Å². The third-order valence-electron chi connectivity index (χ3n) is 2.71. The maximum atomic E-state index is 10.4. The first-order valence-corrected chi connectivity index (χ1v) is 5.02. The second-order valence-corrected chi connectivity index (χ2v) is 3.97. The number of carbonyl (C=O) groups is 1. The molecule has 0 spiro atoms. The summed E-state index contributed by atoms with van der Waals surface area (Å²) < 4.78 is 0. The summed E-state index contributed by atoms with van der Waals surface area (Å²) in [6.45, 7) is 1.73. The molecule has 0 saturated carbocycles. The average Bonchev–Trinajstić information content (AvgIpc) is 2.31. The molecule has 0 aromatic heterocycles. The molecule has 13 heavy (non-hydrogen) atoms. The van der Waals surface area contributed by atoms with Crippen LogP contribution in [0.3, 0.4) is 0 Å². The molecule has 0 aliphatic heterocycles. The van der Waals surface area contributed by atoms with Gasteiger partial charge in [-0.3, -0.25) is 0 Å². The van der Waals surface area contributed by atoms with Gasteiger partial charge >= 0.3 is 0 Å². The van der Waals surface area contributed by atoms with Crippen LogP contribution in [0.1, 0.15) is 45.4 Å². The monoisotopic (exact) mass is 182 g/mol. The Balaban J connectivity index is 2.66. The highest BCUT2D eigenvalue weighted by Crippen LogP contribution is 2.28. The van der Waals surface area contributed by atoms with E-state index in [4.69, 9.17) is 0 Å². The van der Waals surface area contributed by atoms with E-state index in [1.54, 1.807) is 6.92 Å². The Labute approximate surface area is 79.6 Å². The summed E-state index contributed by atoms with van der Waals surface area (Å²) in [5, 5.41) is 9.96. The van der Waals surface area contributed by atoms with E-state index < -0.39 is 5.60 Å². The molecule has 0 aromatic carbocycles. The Morgan fingerprint density at radius 2 is 2.31 bits per heavy atom. The second-order valence-electron chi connectivity index (χ2n) is 3.97. The smallest absolute Gasteiger partial charge is 0.123 e. The van der Waals surface area contributed by atoms with Crippen molar-refractivity contribution in [2.24, 2.45) is 0 Å². The second kappa shape index (κ2) is 4.56. The lowest BCUT2D eigenvalue weighted by Gasteiger charge is -2.24. The fourth-order valence-electron chi connectivity index (χ4n) is 1.80. The van der Waals surface area contributed by atoms with Gasteiger partial charge in [-0.1, -0.05) is 12.5 Å². The van der Waals surface area contributed by atoms with Crippen molar-refractivity contribution in [3.05, 3.63) is 11.6 Å². The van der Waals surface area contributed by atoms with Crippen molar-refractivity contribution in [2.75, 3.05) is 0 Å². The SMILES string of the molecule is CC(O)(CC=O)C1=CCCCCC1. The maximum Gasteiger partial charge on any atom is 0.123 e. The molecular weight excluding hydrogens is 164 g/mol. The molecule has 0 aromatic rings. The van der Waals surface area contributed by atoms with Gasteiger partial charge in [0.05, 0.1) is 5.60 Å². The molecule has 74 valence electrons. The number of hydrogen-bond donors (Lipinski definition) is 1. The molecule has 1 aliphatic rings. The summed E-state index contributed by atoms with van der Waals surface area (Å²) in [5.74, 6) is 0. The van der Waals surface area contributed by atoms with E-state index in [1.165, 1.54) is 12.8 Å². The molecule has 2 heteroatoms. The lowest BCUT2D eigenvalue weighted by atomic mass is 9.89. The topological polar surface area (TPSA) is 37.3 Å². The quantitative estimate of drug-likeness (QED) is 0.536. The first kappa shape index (κ1) is 10.5. The summed E-state index contributed by atoms with van der Waals surface area (Å²) in [6, 6.07) is 0. The van der Waals surface area contributed by atoms with Gasteiger partial charge in [0.2, 0.25) is 0 Å². The van der Waals surface area contributed by atoms with Crippen LogP contribution in [0.25, 0.3) is 0 Å². The van der Waals surface area contributed by atoms with Gasteiger partial charge in [0.25, 0.3) is 0 Å². The summed E-state index contributed by atoms with van der Waals surface area (Å²) in [5.41, 5.74) is 0.156. The molecule has 0 bridgehead atoms. The molecule has 1 N–H and O–H groups in total. The van der Waals surface area contributed by atoms with Gasteiger partial charge in [-0.25, -0.2) is 0 Å². The highest BCUT2D eigenvalue weighted by molar-refractivity contribution is 5.53. The van der Waals surface area contributed by atoms with Crippen LogP contribution in [0, 0.1) is 0 Å². The van der Waals surface area contributed by atoms with Crippen LogP contribution in [0.5, 0.6) is 0 Å².